The fourth-order valence-corrected chi connectivity index (χ4v) is 3.03. The minimum atomic E-state index is 0.836. The molecule has 0 aliphatic heterocycles. The lowest BCUT2D eigenvalue weighted by atomic mass is 10.1. The van der Waals surface area contributed by atoms with Gasteiger partial charge in [0.15, 0.2) is 0 Å². The quantitative estimate of drug-likeness (QED) is 0.708. The molecule has 0 amide bonds. The molecule has 0 bridgehead atoms. The average molecular weight is 345 g/mol. The third kappa shape index (κ3) is 2.42. The smallest absolute Gasteiger partial charge is 0.145 e. The first-order valence-corrected chi connectivity index (χ1v) is 7.60. The summed E-state index contributed by atoms with van der Waals surface area (Å²) in [7, 11) is 0. The average Bonchev–Trinajstić information content (AvgIpc) is 2.88. The number of hydrogen-bond donors (Lipinski definition) is 2. The van der Waals surface area contributed by atoms with Crippen molar-refractivity contribution in [2.75, 3.05) is 5.32 Å². The SMILES string of the molecule is Cc1cc(Br)c(Nc2c(C)cc3cn[nH]c3c2C)nc1C. The zero-order valence-electron chi connectivity index (χ0n) is 12.5. The van der Waals surface area contributed by atoms with Gasteiger partial charge in [0.05, 0.1) is 16.2 Å². The normalized spacial score (nSPS) is 11.1. The lowest BCUT2D eigenvalue weighted by Crippen LogP contribution is -2.01. The van der Waals surface area contributed by atoms with Crippen LogP contribution in [0, 0.1) is 27.7 Å². The molecule has 0 aliphatic rings. The van der Waals surface area contributed by atoms with Gasteiger partial charge in [-0.15, -0.1) is 0 Å². The number of fused-ring (bicyclic) bond motifs is 1. The van der Waals surface area contributed by atoms with Crippen molar-refractivity contribution in [1.29, 1.82) is 0 Å². The van der Waals surface area contributed by atoms with Gasteiger partial charge in [-0.1, -0.05) is 0 Å². The molecule has 0 atom stereocenters. The summed E-state index contributed by atoms with van der Waals surface area (Å²) >= 11 is 3.58. The molecule has 0 unspecified atom stereocenters. The molecule has 0 saturated carbocycles. The van der Waals surface area contributed by atoms with Crippen molar-refractivity contribution >= 4 is 38.3 Å². The molecular formula is C16H17BrN4. The van der Waals surface area contributed by atoms with Crippen LogP contribution in [-0.2, 0) is 0 Å². The minimum Gasteiger partial charge on any atom is -0.339 e. The van der Waals surface area contributed by atoms with Gasteiger partial charge in [0, 0.05) is 16.8 Å². The number of aryl methyl sites for hydroxylation is 4. The Labute approximate surface area is 132 Å². The van der Waals surface area contributed by atoms with Gasteiger partial charge < -0.3 is 5.32 Å². The number of aromatic nitrogens is 3. The standard InChI is InChI=1S/C16H17BrN4/c1-8-6-13(17)16(19-11(8)4)20-14-9(2)5-12-7-18-21-15(12)10(14)3/h5-7H,1-4H3,(H,18,21)(H,19,20). The number of aromatic amines is 1. The molecule has 4 nitrogen and oxygen atoms in total. The van der Waals surface area contributed by atoms with Crippen molar-refractivity contribution in [3.05, 3.63) is 45.2 Å². The van der Waals surface area contributed by atoms with Gasteiger partial charge in [0.1, 0.15) is 5.82 Å². The summed E-state index contributed by atoms with van der Waals surface area (Å²) in [5.41, 5.74) is 6.65. The molecule has 21 heavy (non-hydrogen) atoms. The number of pyridine rings is 1. The lowest BCUT2D eigenvalue weighted by molar-refractivity contribution is 1.11. The summed E-state index contributed by atoms with van der Waals surface area (Å²) in [5.74, 6) is 0.836. The first-order valence-electron chi connectivity index (χ1n) is 6.81. The van der Waals surface area contributed by atoms with E-state index < -0.39 is 0 Å². The summed E-state index contributed by atoms with van der Waals surface area (Å²) in [6.07, 6.45) is 1.85. The highest BCUT2D eigenvalue weighted by Gasteiger charge is 2.12. The molecule has 2 heterocycles. The molecule has 0 spiro atoms. The Bertz CT molecular complexity index is 836. The zero-order chi connectivity index (χ0) is 15.1. The van der Waals surface area contributed by atoms with Crippen LogP contribution in [0.2, 0.25) is 0 Å². The molecule has 0 fully saturated rings. The molecule has 108 valence electrons. The number of nitrogens with zero attached hydrogens (tertiary/aromatic N) is 2. The van der Waals surface area contributed by atoms with Crippen LogP contribution in [0.1, 0.15) is 22.4 Å². The summed E-state index contributed by atoms with van der Waals surface area (Å²) in [6, 6.07) is 4.22. The first kappa shape index (κ1) is 14.1. The van der Waals surface area contributed by atoms with Crippen LogP contribution >= 0.6 is 15.9 Å². The van der Waals surface area contributed by atoms with E-state index in [1.165, 1.54) is 11.1 Å². The Morgan fingerprint density at radius 2 is 1.86 bits per heavy atom. The van der Waals surface area contributed by atoms with Gasteiger partial charge in [0.25, 0.3) is 0 Å². The summed E-state index contributed by atoms with van der Waals surface area (Å²) in [4.78, 5) is 4.63. The molecule has 0 radical (unpaired) electrons. The van der Waals surface area contributed by atoms with Gasteiger partial charge in [0.2, 0.25) is 0 Å². The zero-order valence-corrected chi connectivity index (χ0v) is 14.1. The van der Waals surface area contributed by atoms with E-state index >= 15 is 0 Å². The number of benzene rings is 1. The van der Waals surface area contributed by atoms with Crippen LogP contribution in [0.3, 0.4) is 0 Å². The van der Waals surface area contributed by atoms with Crippen molar-refractivity contribution in [3.63, 3.8) is 0 Å². The van der Waals surface area contributed by atoms with Crippen molar-refractivity contribution < 1.29 is 0 Å². The third-order valence-electron chi connectivity index (χ3n) is 3.85. The Balaban J connectivity index is 2.12. The molecule has 0 saturated heterocycles. The number of H-pyrrole nitrogens is 1. The van der Waals surface area contributed by atoms with Crippen molar-refractivity contribution in [1.82, 2.24) is 15.2 Å². The predicted molar refractivity (Wildman–Crippen MR) is 90.3 cm³/mol. The maximum Gasteiger partial charge on any atom is 0.145 e. The highest BCUT2D eigenvalue weighted by atomic mass is 79.9. The molecule has 3 rings (SSSR count). The lowest BCUT2D eigenvalue weighted by Gasteiger charge is -2.15. The van der Waals surface area contributed by atoms with E-state index in [9.17, 15) is 0 Å². The van der Waals surface area contributed by atoms with Crippen LogP contribution in [0.25, 0.3) is 10.9 Å². The second-order valence-electron chi connectivity index (χ2n) is 5.37. The van der Waals surface area contributed by atoms with Crippen LogP contribution in [0.15, 0.2) is 22.8 Å². The van der Waals surface area contributed by atoms with Crippen molar-refractivity contribution in [2.24, 2.45) is 0 Å². The fraction of sp³-hybridized carbons (Fsp3) is 0.250. The Morgan fingerprint density at radius 1 is 1.10 bits per heavy atom. The Hall–Kier alpha value is -1.88. The van der Waals surface area contributed by atoms with Crippen LogP contribution in [-0.4, -0.2) is 15.2 Å². The number of rotatable bonds is 2. The van der Waals surface area contributed by atoms with Crippen molar-refractivity contribution in [3.8, 4) is 0 Å². The van der Waals surface area contributed by atoms with E-state index in [2.05, 4.69) is 69.3 Å². The van der Waals surface area contributed by atoms with Gasteiger partial charge >= 0.3 is 0 Å². The second-order valence-corrected chi connectivity index (χ2v) is 6.23. The van der Waals surface area contributed by atoms with E-state index in [-0.39, 0.29) is 0 Å². The number of anilines is 2. The molecule has 0 aliphatic carbocycles. The van der Waals surface area contributed by atoms with E-state index in [0.29, 0.717) is 0 Å². The molecule has 1 aromatic carbocycles. The van der Waals surface area contributed by atoms with E-state index in [1.54, 1.807) is 0 Å². The van der Waals surface area contributed by atoms with Gasteiger partial charge in [-0.3, -0.25) is 5.10 Å². The van der Waals surface area contributed by atoms with E-state index in [0.717, 1.165) is 38.1 Å². The molecular weight excluding hydrogens is 328 g/mol. The number of nitrogens with one attached hydrogen (secondary N) is 2. The maximum absolute atomic E-state index is 4.63. The molecule has 5 heteroatoms. The van der Waals surface area contributed by atoms with Crippen LogP contribution in [0.5, 0.6) is 0 Å². The minimum absolute atomic E-state index is 0.836. The maximum atomic E-state index is 4.63. The van der Waals surface area contributed by atoms with E-state index in [4.69, 9.17) is 0 Å². The predicted octanol–water partition coefficient (Wildman–Crippen LogP) is 4.70. The van der Waals surface area contributed by atoms with Gasteiger partial charge in [-0.05, 0) is 72.4 Å². The molecule has 2 N–H and O–H groups in total. The van der Waals surface area contributed by atoms with E-state index in [1.807, 2.05) is 13.1 Å². The van der Waals surface area contributed by atoms with Crippen LogP contribution in [0.4, 0.5) is 11.5 Å². The Morgan fingerprint density at radius 3 is 2.62 bits per heavy atom. The number of halogens is 1. The summed E-state index contributed by atoms with van der Waals surface area (Å²) < 4.78 is 0.967. The second kappa shape index (κ2) is 5.15. The summed E-state index contributed by atoms with van der Waals surface area (Å²) in [5, 5.41) is 11.8. The highest BCUT2D eigenvalue weighted by molar-refractivity contribution is 9.10. The Kier molecular flexibility index (Phi) is 3.45. The fourth-order valence-electron chi connectivity index (χ4n) is 2.50. The molecule has 3 aromatic rings. The molecule has 2 aromatic heterocycles. The first-order chi connectivity index (χ1) is 9.97. The largest absolute Gasteiger partial charge is 0.339 e. The third-order valence-corrected chi connectivity index (χ3v) is 4.45. The monoisotopic (exact) mass is 344 g/mol. The van der Waals surface area contributed by atoms with Crippen LogP contribution < -0.4 is 5.32 Å². The highest BCUT2D eigenvalue weighted by Crippen LogP contribution is 2.32. The van der Waals surface area contributed by atoms with Crippen molar-refractivity contribution in [2.45, 2.75) is 27.7 Å². The van der Waals surface area contributed by atoms with Gasteiger partial charge in [-0.25, -0.2) is 4.98 Å². The topological polar surface area (TPSA) is 53.6 Å². The van der Waals surface area contributed by atoms with Gasteiger partial charge in [-0.2, -0.15) is 5.10 Å². The number of hydrogen-bond acceptors (Lipinski definition) is 3. The summed E-state index contributed by atoms with van der Waals surface area (Å²) in [6.45, 7) is 8.26.